The lowest BCUT2D eigenvalue weighted by molar-refractivity contribution is -0.131. The number of nitrogens with two attached hydrogens (primary N) is 1. The Kier molecular flexibility index (Phi) is 4.33. The predicted octanol–water partition coefficient (Wildman–Crippen LogP) is 1.75. The minimum atomic E-state index is 0.156. The Balaban J connectivity index is 1.95. The maximum Gasteiger partial charge on any atom is 0.226 e. The molecule has 0 heterocycles. The zero-order valence-electron chi connectivity index (χ0n) is 12.7. The molecular weight excluding hydrogens is 250 g/mol. The summed E-state index contributed by atoms with van der Waals surface area (Å²) in [5.41, 5.74) is 7.62. The first kappa shape index (κ1) is 14.9. The van der Waals surface area contributed by atoms with Gasteiger partial charge in [0.1, 0.15) is 0 Å². The van der Waals surface area contributed by atoms with Crippen molar-refractivity contribution in [3.05, 3.63) is 29.8 Å². The molecule has 2 rings (SSSR count). The van der Waals surface area contributed by atoms with Gasteiger partial charge in [0.25, 0.3) is 0 Å². The molecule has 1 aromatic rings. The Morgan fingerprint density at radius 1 is 1.30 bits per heavy atom. The summed E-state index contributed by atoms with van der Waals surface area (Å²) in [6.45, 7) is 0.807. The van der Waals surface area contributed by atoms with E-state index in [1.165, 1.54) is 19.3 Å². The zero-order valence-corrected chi connectivity index (χ0v) is 12.7. The van der Waals surface area contributed by atoms with Gasteiger partial charge in [-0.1, -0.05) is 12.1 Å². The van der Waals surface area contributed by atoms with Crippen molar-refractivity contribution in [3.8, 4) is 0 Å². The van der Waals surface area contributed by atoms with Gasteiger partial charge in [0, 0.05) is 24.8 Å². The maximum atomic E-state index is 12.3. The molecule has 0 aromatic heterocycles. The molecule has 0 bridgehead atoms. The van der Waals surface area contributed by atoms with Crippen LogP contribution in [-0.2, 0) is 11.2 Å². The summed E-state index contributed by atoms with van der Waals surface area (Å²) in [5, 5.41) is 0. The van der Waals surface area contributed by atoms with Gasteiger partial charge in [0.2, 0.25) is 5.91 Å². The third-order valence-electron chi connectivity index (χ3n) is 4.50. The topological polar surface area (TPSA) is 49.6 Å². The highest BCUT2D eigenvalue weighted by Crippen LogP contribution is 2.36. The summed E-state index contributed by atoms with van der Waals surface area (Å²) in [5.74, 6) is 0.156. The molecule has 1 saturated carbocycles. The molecule has 4 heteroatoms. The molecule has 0 unspecified atom stereocenters. The second-order valence-corrected chi connectivity index (χ2v) is 6.14. The van der Waals surface area contributed by atoms with Gasteiger partial charge in [-0.05, 0) is 51.1 Å². The van der Waals surface area contributed by atoms with Gasteiger partial charge < -0.3 is 15.5 Å². The Bertz CT molecular complexity index is 480. The highest BCUT2D eigenvalue weighted by Gasteiger charge is 2.40. The number of hydrogen-bond acceptors (Lipinski definition) is 3. The number of nitrogen functional groups attached to an aromatic ring is 1. The molecule has 20 heavy (non-hydrogen) atoms. The quantitative estimate of drug-likeness (QED) is 0.833. The molecule has 110 valence electrons. The van der Waals surface area contributed by atoms with E-state index in [0.29, 0.717) is 12.1 Å². The van der Waals surface area contributed by atoms with Crippen LogP contribution in [0.4, 0.5) is 5.69 Å². The number of nitrogens with zero attached hydrogens (tertiary/aromatic N) is 2. The van der Waals surface area contributed by atoms with Crippen LogP contribution in [0.1, 0.15) is 24.8 Å². The molecule has 2 N–H and O–H groups in total. The number of anilines is 1. The van der Waals surface area contributed by atoms with Crippen LogP contribution in [0.5, 0.6) is 0 Å². The van der Waals surface area contributed by atoms with E-state index in [9.17, 15) is 4.79 Å². The van der Waals surface area contributed by atoms with Gasteiger partial charge in [-0.2, -0.15) is 0 Å². The van der Waals surface area contributed by atoms with Crippen LogP contribution in [0.15, 0.2) is 24.3 Å². The lowest BCUT2D eigenvalue weighted by atomic mass is 9.75. The molecule has 0 atom stereocenters. The van der Waals surface area contributed by atoms with Crippen molar-refractivity contribution in [1.29, 1.82) is 0 Å². The van der Waals surface area contributed by atoms with E-state index in [0.717, 1.165) is 12.1 Å². The first-order valence-electron chi connectivity index (χ1n) is 7.19. The molecule has 1 aliphatic rings. The maximum absolute atomic E-state index is 12.3. The number of likely N-dealkylation sites (N-methyl/N-ethyl adjacent to an activating group) is 2. The van der Waals surface area contributed by atoms with E-state index in [4.69, 9.17) is 5.73 Å². The van der Waals surface area contributed by atoms with E-state index >= 15 is 0 Å². The number of hydrogen-bond donors (Lipinski definition) is 1. The Morgan fingerprint density at radius 3 is 2.50 bits per heavy atom. The van der Waals surface area contributed by atoms with Crippen molar-refractivity contribution in [2.24, 2.45) is 0 Å². The van der Waals surface area contributed by atoms with Crippen LogP contribution < -0.4 is 5.73 Å². The fourth-order valence-electron chi connectivity index (χ4n) is 2.87. The standard InChI is InChI=1S/C16H25N3O/c1-18(2)16(8-5-9-16)12-19(3)15(20)11-13-6-4-7-14(17)10-13/h4,6-7,10H,5,8-9,11-12,17H2,1-3H3. The number of rotatable bonds is 5. The first-order chi connectivity index (χ1) is 9.43. The zero-order chi connectivity index (χ0) is 14.8. The van der Waals surface area contributed by atoms with E-state index in [1.54, 1.807) is 0 Å². The molecule has 1 fully saturated rings. The van der Waals surface area contributed by atoms with Gasteiger partial charge in [-0.3, -0.25) is 4.79 Å². The number of amides is 1. The normalized spacial score (nSPS) is 16.8. The van der Waals surface area contributed by atoms with Crippen molar-refractivity contribution in [2.45, 2.75) is 31.2 Å². The monoisotopic (exact) mass is 275 g/mol. The highest BCUT2D eigenvalue weighted by atomic mass is 16.2. The fourth-order valence-corrected chi connectivity index (χ4v) is 2.87. The Labute approximate surface area is 121 Å². The van der Waals surface area contributed by atoms with Crippen molar-refractivity contribution < 1.29 is 4.79 Å². The van der Waals surface area contributed by atoms with Crippen LogP contribution in [0.2, 0.25) is 0 Å². The van der Waals surface area contributed by atoms with E-state index in [1.807, 2.05) is 36.2 Å². The second kappa shape index (κ2) is 5.83. The van der Waals surface area contributed by atoms with Gasteiger partial charge in [-0.15, -0.1) is 0 Å². The molecule has 1 aromatic carbocycles. The van der Waals surface area contributed by atoms with Gasteiger partial charge in [-0.25, -0.2) is 0 Å². The summed E-state index contributed by atoms with van der Waals surface area (Å²) in [4.78, 5) is 16.5. The summed E-state index contributed by atoms with van der Waals surface area (Å²) < 4.78 is 0. The minimum Gasteiger partial charge on any atom is -0.399 e. The largest absolute Gasteiger partial charge is 0.399 e. The van der Waals surface area contributed by atoms with E-state index < -0.39 is 0 Å². The third kappa shape index (κ3) is 3.12. The lowest BCUT2D eigenvalue weighted by Crippen LogP contribution is -2.57. The SMILES string of the molecule is CN(CC1(N(C)C)CCC1)C(=O)Cc1cccc(N)c1. The Hall–Kier alpha value is -1.55. The third-order valence-corrected chi connectivity index (χ3v) is 4.50. The smallest absolute Gasteiger partial charge is 0.226 e. The van der Waals surface area contributed by atoms with Crippen LogP contribution in [0, 0.1) is 0 Å². The average Bonchev–Trinajstić information content (AvgIpc) is 2.32. The Morgan fingerprint density at radius 2 is 2.00 bits per heavy atom. The summed E-state index contributed by atoms with van der Waals surface area (Å²) in [6.07, 6.45) is 4.03. The van der Waals surface area contributed by atoms with Gasteiger partial charge in [0.15, 0.2) is 0 Å². The van der Waals surface area contributed by atoms with Crippen LogP contribution in [-0.4, -0.2) is 48.9 Å². The molecule has 0 radical (unpaired) electrons. The predicted molar refractivity (Wildman–Crippen MR) is 82.5 cm³/mol. The lowest BCUT2D eigenvalue weighted by Gasteiger charge is -2.49. The van der Waals surface area contributed by atoms with Crippen LogP contribution in [0.25, 0.3) is 0 Å². The van der Waals surface area contributed by atoms with E-state index in [2.05, 4.69) is 19.0 Å². The van der Waals surface area contributed by atoms with Gasteiger partial charge >= 0.3 is 0 Å². The minimum absolute atomic E-state index is 0.156. The molecule has 0 spiro atoms. The summed E-state index contributed by atoms with van der Waals surface area (Å²) in [7, 11) is 6.11. The number of carbonyl (C=O) groups excluding carboxylic acids is 1. The van der Waals surface area contributed by atoms with Crippen molar-refractivity contribution in [2.75, 3.05) is 33.4 Å². The van der Waals surface area contributed by atoms with E-state index in [-0.39, 0.29) is 11.4 Å². The number of carbonyl (C=O) groups is 1. The molecule has 0 aliphatic heterocycles. The van der Waals surface area contributed by atoms with Crippen LogP contribution in [0.3, 0.4) is 0 Å². The average molecular weight is 275 g/mol. The summed E-state index contributed by atoms with van der Waals surface area (Å²) >= 11 is 0. The summed E-state index contributed by atoms with van der Waals surface area (Å²) in [6, 6.07) is 7.56. The molecule has 0 saturated heterocycles. The van der Waals surface area contributed by atoms with Crippen molar-refractivity contribution in [3.63, 3.8) is 0 Å². The fraction of sp³-hybridized carbons (Fsp3) is 0.562. The van der Waals surface area contributed by atoms with Crippen molar-refractivity contribution >= 4 is 11.6 Å². The molecule has 4 nitrogen and oxygen atoms in total. The highest BCUT2D eigenvalue weighted by molar-refractivity contribution is 5.78. The molecular formula is C16H25N3O. The number of benzene rings is 1. The molecule has 1 amide bonds. The second-order valence-electron chi connectivity index (χ2n) is 6.14. The van der Waals surface area contributed by atoms with Crippen molar-refractivity contribution in [1.82, 2.24) is 9.80 Å². The van der Waals surface area contributed by atoms with Crippen LogP contribution >= 0.6 is 0 Å². The first-order valence-corrected chi connectivity index (χ1v) is 7.19. The van der Waals surface area contributed by atoms with Gasteiger partial charge in [0.05, 0.1) is 6.42 Å². The molecule has 1 aliphatic carbocycles.